The predicted octanol–water partition coefficient (Wildman–Crippen LogP) is 1.02. The average Bonchev–Trinajstić information content (AvgIpc) is 2.37. The van der Waals surface area contributed by atoms with Crippen molar-refractivity contribution in [2.45, 2.75) is 6.10 Å². The van der Waals surface area contributed by atoms with E-state index >= 15 is 0 Å². The molecule has 17 heavy (non-hydrogen) atoms. The molecule has 0 spiro atoms. The van der Waals surface area contributed by atoms with E-state index in [2.05, 4.69) is 15.9 Å². The monoisotopic (exact) mass is 301 g/mol. The molecule has 1 aliphatic rings. The third kappa shape index (κ3) is 2.15. The van der Waals surface area contributed by atoms with E-state index in [4.69, 9.17) is 15.2 Å². The molecule has 6 heteroatoms. The van der Waals surface area contributed by atoms with Gasteiger partial charge in [0.25, 0.3) is 0 Å². The molecule has 1 unspecified atom stereocenters. The van der Waals surface area contributed by atoms with Crippen LogP contribution in [0.4, 0.5) is 0 Å². The summed E-state index contributed by atoms with van der Waals surface area (Å²) in [6, 6.07) is 1.59. The molecule has 1 atom stereocenters. The Morgan fingerprint density at radius 2 is 2.12 bits per heavy atom. The van der Waals surface area contributed by atoms with Crippen LogP contribution in [0.3, 0.4) is 0 Å². The van der Waals surface area contributed by atoms with Crippen molar-refractivity contribution in [3.63, 3.8) is 0 Å². The number of aldehydes is 1. The second-order valence-electron chi connectivity index (χ2n) is 3.59. The number of aliphatic hydroxyl groups excluding tert-OH is 1. The van der Waals surface area contributed by atoms with Crippen LogP contribution >= 0.6 is 15.9 Å². The van der Waals surface area contributed by atoms with Crippen molar-refractivity contribution in [3.8, 4) is 11.5 Å². The zero-order valence-corrected chi connectivity index (χ0v) is 10.6. The first-order valence-electron chi connectivity index (χ1n) is 5.14. The zero-order chi connectivity index (χ0) is 12.4. The summed E-state index contributed by atoms with van der Waals surface area (Å²) in [5.41, 5.74) is 6.35. The molecule has 1 aromatic rings. The standard InChI is InChI=1S/C11H12BrNO4/c12-7-3-6(5-14)10-11(17-2-1-16-10)9(7)8(15)4-13/h3,5,8,15H,1-2,4,13H2. The molecular weight excluding hydrogens is 290 g/mol. The summed E-state index contributed by atoms with van der Waals surface area (Å²) in [4.78, 5) is 10.9. The van der Waals surface area contributed by atoms with Gasteiger partial charge in [-0.3, -0.25) is 4.79 Å². The van der Waals surface area contributed by atoms with Crippen LogP contribution in [0.5, 0.6) is 11.5 Å². The van der Waals surface area contributed by atoms with Crippen molar-refractivity contribution in [2.24, 2.45) is 5.73 Å². The first kappa shape index (κ1) is 12.3. The Hall–Kier alpha value is -1.11. The topological polar surface area (TPSA) is 81.8 Å². The van der Waals surface area contributed by atoms with Crippen molar-refractivity contribution in [1.82, 2.24) is 0 Å². The first-order chi connectivity index (χ1) is 8.19. The summed E-state index contributed by atoms with van der Waals surface area (Å²) in [6.45, 7) is 0.828. The summed E-state index contributed by atoms with van der Waals surface area (Å²) in [6.07, 6.45) is -0.169. The number of aliphatic hydroxyl groups is 1. The molecule has 0 aromatic heterocycles. The number of fused-ring (bicyclic) bond motifs is 1. The highest BCUT2D eigenvalue weighted by molar-refractivity contribution is 9.10. The van der Waals surface area contributed by atoms with Crippen molar-refractivity contribution in [3.05, 3.63) is 21.7 Å². The predicted molar refractivity (Wildman–Crippen MR) is 64.5 cm³/mol. The second-order valence-corrected chi connectivity index (χ2v) is 4.44. The van der Waals surface area contributed by atoms with Crippen molar-refractivity contribution < 1.29 is 19.4 Å². The number of rotatable bonds is 3. The molecule has 0 radical (unpaired) electrons. The Balaban J connectivity index is 2.63. The van der Waals surface area contributed by atoms with Gasteiger partial charge >= 0.3 is 0 Å². The molecule has 3 N–H and O–H groups in total. The van der Waals surface area contributed by atoms with Crippen LogP contribution in [0.25, 0.3) is 0 Å². The average molecular weight is 302 g/mol. The van der Waals surface area contributed by atoms with Gasteiger partial charge in [-0.1, -0.05) is 15.9 Å². The lowest BCUT2D eigenvalue weighted by molar-refractivity contribution is 0.110. The summed E-state index contributed by atoms with van der Waals surface area (Å²) in [7, 11) is 0. The minimum absolute atomic E-state index is 0.0643. The fourth-order valence-corrected chi connectivity index (χ4v) is 2.43. The van der Waals surface area contributed by atoms with Crippen LogP contribution < -0.4 is 15.2 Å². The maximum Gasteiger partial charge on any atom is 0.172 e. The third-order valence-electron chi connectivity index (χ3n) is 2.51. The SMILES string of the molecule is NCC(O)c1c(Br)cc(C=O)c2c1OCCO2. The minimum Gasteiger partial charge on any atom is -0.486 e. The lowest BCUT2D eigenvalue weighted by Gasteiger charge is -2.25. The zero-order valence-electron chi connectivity index (χ0n) is 8.98. The molecule has 0 bridgehead atoms. The van der Waals surface area contributed by atoms with Crippen LogP contribution in [0.1, 0.15) is 22.0 Å². The van der Waals surface area contributed by atoms with Crippen LogP contribution in [-0.4, -0.2) is 31.2 Å². The number of hydrogen-bond acceptors (Lipinski definition) is 5. The van der Waals surface area contributed by atoms with Crippen LogP contribution in [0.15, 0.2) is 10.5 Å². The number of benzene rings is 1. The van der Waals surface area contributed by atoms with E-state index < -0.39 is 6.10 Å². The van der Waals surface area contributed by atoms with Gasteiger partial charge in [-0.15, -0.1) is 0 Å². The smallest absolute Gasteiger partial charge is 0.172 e. The quantitative estimate of drug-likeness (QED) is 0.815. The number of nitrogens with two attached hydrogens (primary N) is 1. The molecular formula is C11H12BrNO4. The molecule has 92 valence electrons. The summed E-state index contributed by atoms with van der Waals surface area (Å²) in [5.74, 6) is 0.766. The third-order valence-corrected chi connectivity index (χ3v) is 3.17. The van der Waals surface area contributed by atoms with Gasteiger partial charge in [-0.2, -0.15) is 0 Å². The Morgan fingerprint density at radius 3 is 2.71 bits per heavy atom. The molecule has 0 saturated carbocycles. The Bertz CT molecular complexity index is 450. The van der Waals surface area contributed by atoms with E-state index in [-0.39, 0.29) is 6.54 Å². The van der Waals surface area contributed by atoms with Gasteiger partial charge in [-0.05, 0) is 6.07 Å². The van der Waals surface area contributed by atoms with Gasteiger partial charge in [-0.25, -0.2) is 0 Å². The number of carbonyl (C=O) groups is 1. The number of ether oxygens (including phenoxy) is 2. The van der Waals surface area contributed by atoms with Gasteiger partial charge < -0.3 is 20.3 Å². The fourth-order valence-electron chi connectivity index (χ4n) is 1.74. The molecule has 1 aromatic carbocycles. The summed E-state index contributed by atoms with van der Waals surface area (Å²) < 4.78 is 11.5. The molecule has 0 amide bonds. The van der Waals surface area contributed by atoms with Crippen molar-refractivity contribution >= 4 is 22.2 Å². The number of halogens is 1. The Kier molecular flexibility index (Phi) is 3.66. The summed E-state index contributed by atoms with van der Waals surface area (Å²) in [5, 5.41) is 9.85. The van der Waals surface area contributed by atoms with E-state index in [1.54, 1.807) is 6.07 Å². The van der Waals surface area contributed by atoms with Gasteiger partial charge in [0.2, 0.25) is 0 Å². The lowest BCUT2D eigenvalue weighted by atomic mass is 10.0. The van der Waals surface area contributed by atoms with Gasteiger partial charge in [0.05, 0.1) is 11.7 Å². The lowest BCUT2D eigenvalue weighted by Crippen LogP contribution is -2.21. The molecule has 1 aliphatic heterocycles. The van der Waals surface area contributed by atoms with Crippen molar-refractivity contribution in [1.29, 1.82) is 0 Å². The van der Waals surface area contributed by atoms with Crippen LogP contribution in [-0.2, 0) is 0 Å². The first-order valence-corrected chi connectivity index (χ1v) is 5.93. The van der Waals surface area contributed by atoms with Gasteiger partial charge in [0, 0.05) is 16.6 Å². The number of hydrogen-bond donors (Lipinski definition) is 2. The minimum atomic E-state index is -0.861. The molecule has 0 fully saturated rings. The Labute approximate surface area is 107 Å². The molecule has 2 rings (SSSR count). The Morgan fingerprint density at radius 1 is 1.47 bits per heavy atom. The fraction of sp³-hybridized carbons (Fsp3) is 0.364. The largest absolute Gasteiger partial charge is 0.486 e. The van der Waals surface area contributed by atoms with E-state index in [0.29, 0.717) is 46.6 Å². The maximum absolute atomic E-state index is 10.9. The van der Waals surface area contributed by atoms with Crippen molar-refractivity contribution in [2.75, 3.05) is 19.8 Å². The van der Waals surface area contributed by atoms with E-state index in [1.165, 1.54) is 0 Å². The number of carbonyl (C=O) groups excluding carboxylic acids is 1. The molecule has 1 heterocycles. The highest BCUT2D eigenvalue weighted by atomic mass is 79.9. The van der Waals surface area contributed by atoms with Gasteiger partial charge in [0.15, 0.2) is 17.8 Å². The highest BCUT2D eigenvalue weighted by Crippen LogP contribution is 2.43. The van der Waals surface area contributed by atoms with Crippen LogP contribution in [0, 0.1) is 0 Å². The second kappa shape index (κ2) is 5.03. The maximum atomic E-state index is 10.9. The molecule has 5 nitrogen and oxygen atoms in total. The molecule has 0 aliphatic carbocycles. The van der Waals surface area contributed by atoms with Gasteiger partial charge in [0.1, 0.15) is 13.2 Å². The van der Waals surface area contributed by atoms with Crippen LogP contribution in [0.2, 0.25) is 0 Å². The summed E-state index contributed by atoms with van der Waals surface area (Å²) >= 11 is 3.30. The highest BCUT2D eigenvalue weighted by Gasteiger charge is 2.26. The molecule has 0 saturated heterocycles. The van der Waals surface area contributed by atoms with E-state index in [9.17, 15) is 9.90 Å². The van der Waals surface area contributed by atoms with E-state index in [0.717, 1.165) is 0 Å². The van der Waals surface area contributed by atoms with E-state index in [1.807, 2.05) is 0 Å². The normalized spacial score (nSPS) is 15.5.